The van der Waals surface area contributed by atoms with Gasteiger partial charge in [-0.25, -0.2) is 4.98 Å². The minimum Gasteiger partial charge on any atom is -0.456 e. The van der Waals surface area contributed by atoms with Crippen LogP contribution in [0, 0.1) is 6.08 Å². The summed E-state index contributed by atoms with van der Waals surface area (Å²) in [6, 6.07) is 9.85. The van der Waals surface area contributed by atoms with Crippen molar-refractivity contribution in [2.45, 2.75) is 0 Å². The zero-order chi connectivity index (χ0) is 15.4. The molecule has 0 radical (unpaired) electrons. The molecule has 4 aromatic rings. The summed E-state index contributed by atoms with van der Waals surface area (Å²) in [6.45, 7) is 0. The Morgan fingerprint density at radius 1 is 1.09 bits per heavy atom. The van der Waals surface area contributed by atoms with Gasteiger partial charge in [0.05, 0.1) is 22.4 Å². The molecule has 23 heavy (non-hydrogen) atoms. The Bertz CT molecular complexity index is 1180. The standard InChI is InChI=1S/C19H9ClNOS/c20-12-6-7-16-13(8-12)14-9-18-15(10-17(14)22-16)21-19(23-18)11-4-2-1-3-5-11/h2-10H/q+1. The maximum absolute atomic E-state index is 6.12. The van der Waals surface area contributed by atoms with Crippen molar-refractivity contribution >= 4 is 60.7 Å². The number of allylic oxidation sites excluding steroid dienone is 6. The molecule has 0 saturated carbocycles. The summed E-state index contributed by atoms with van der Waals surface area (Å²) in [5.41, 5.74) is 3.75. The number of aromatic nitrogens is 1. The van der Waals surface area contributed by atoms with Gasteiger partial charge in [0.1, 0.15) is 28.9 Å². The molecule has 0 N–H and O–H groups in total. The number of fused-ring (bicyclic) bond motifs is 4. The van der Waals surface area contributed by atoms with Crippen LogP contribution in [0.3, 0.4) is 0 Å². The molecule has 0 fully saturated rings. The predicted octanol–water partition coefficient (Wildman–Crippen LogP) is 6.16. The number of rotatable bonds is 1. The van der Waals surface area contributed by atoms with E-state index >= 15 is 0 Å². The van der Waals surface area contributed by atoms with Crippen LogP contribution in [0.2, 0.25) is 5.02 Å². The minimum absolute atomic E-state index is 0.714. The van der Waals surface area contributed by atoms with E-state index in [9.17, 15) is 0 Å². The van der Waals surface area contributed by atoms with Gasteiger partial charge in [0.25, 0.3) is 0 Å². The number of hydrogen-bond donors (Lipinski definition) is 0. The Morgan fingerprint density at radius 3 is 2.87 bits per heavy atom. The quantitative estimate of drug-likeness (QED) is 0.389. The second kappa shape index (κ2) is 4.77. The molecule has 0 amide bonds. The van der Waals surface area contributed by atoms with Gasteiger partial charge >= 0.3 is 0 Å². The number of benzene rings is 2. The first-order valence-electron chi connectivity index (χ1n) is 7.17. The van der Waals surface area contributed by atoms with Crippen LogP contribution in [-0.2, 0) is 0 Å². The molecule has 4 heteroatoms. The third-order valence-corrected chi connectivity index (χ3v) is 5.21. The molecule has 0 aliphatic heterocycles. The van der Waals surface area contributed by atoms with Crippen LogP contribution in [0.5, 0.6) is 0 Å². The summed E-state index contributed by atoms with van der Waals surface area (Å²) >= 11 is 7.81. The first-order valence-corrected chi connectivity index (χ1v) is 8.36. The van der Waals surface area contributed by atoms with Crippen molar-refractivity contribution in [1.82, 2.24) is 4.98 Å². The lowest BCUT2D eigenvalue weighted by Crippen LogP contribution is -1.80. The van der Waals surface area contributed by atoms with Gasteiger partial charge in [-0.1, -0.05) is 11.6 Å². The zero-order valence-electron chi connectivity index (χ0n) is 11.8. The molecule has 2 nitrogen and oxygen atoms in total. The topological polar surface area (TPSA) is 26.0 Å². The Hall–Kier alpha value is -2.45. The van der Waals surface area contributed by atoms with E-state index in [1.54, 1.807) is 11.3 Å². The predicted molar refractivity (Wildman–Crippen MR) is 96.8 cm³/mol. The molecule has 2 heterocycles. The molecule has 108 valence electrons. The van der Waals surface area contributed by atoms with E-state index in [2.05, 4.69) is 12.1 Å². The molecule has 1 aliphatic rings. The van der Waals surface area contributed by atoms with E-state index in [4.69, 9.17) is 21.0 Å². The van der Waals surface area contributed by atoms with Gasteiger partial charge in [0.15, 0.2) is 5.01 Å². The third-order valence-electron chi connectivity index (χ3n) is 3.91. The molecule has 2 aromatic carbocycles. The summed E-state index contributed by atoms with van der Waals surface area (Å²) in [4.78, 5) is 4.74. The first kappa shape index (κ1) is 13.0. The van der Waals surface area contributed by atoms with Crippen LogP contribution in [0.25, 0.3) is 37.7 Å². The van der Waals surface area contributed by atoms with Crippen molar-refractivity contribution in [1.29, 1.82) is 0 Å². The Morgan fingerprint density at radius 2 is 2.00 bits per heavy atom. The van der Waals surface area contributed by atoms with Gasteiger partial charge in [-0.15, -0.1) is 11.3 Å². The van der Waals surface area contributed by atoms with E-state index in [0.29, 0.717) is 5.02 Å². The molecular weight excluding hydrogens is 326 g/mol. The summed E-state index contributed by atoms with van der Waals surface area (Å²) < 4.78 is 7.07. The molecule has 0 atom stereocenters. The fraction of sp³-hybridized carbons (Fsp3) is 0. The van der Waals surface area contributed by atoms with Crippen LogP contribution >= 0.6 is 22.9 Å². The van der Waals surface area contributed by atoms with Gasteiger partial charge in [0.2, 0.25) is 0 Å². The highest BCUT2D eigenvalue weighted by molar-refractivity contribution is 7.19. The molecule has 0 saturated heterocycles. The van der Waals surface area contributed by atoms with Crippen molar-refractivity contribution in [2.24, 2.45) is 0 Å². The first-order chi connectivity index (χ1) is 11.3. The second-order valence-electron chi connectivity index (χ2n) is 5.37. The van der Waals surface area contributed by atoms with Crippen LogP contribution in [0.15, 0.2) is 59.1 Å². The van der Waals surface area contributed by atoms with Gasteiger partial charge < -0.3 is 4.42 Å². The number of thiazole rings is 1. The normalized spacial score (nSPS) is 13.9. The number of nitrogens with zero attached hydrogens (tertiary/aromatic N) is 1. The lowest BCUT2D eigenvalue weighted by atomic mass is 10.1. The van der Waals surface area contributed by atoms with E-state index in [-0.39, 0.29) is 0 Å². The smallest absolute Gasteiger partial charge is 0.151 e. The van der Waals surface area contributed by atoms with Crippen LogP contribution in [0.4, 0.5) is 0 Å². The SMILES string of the molecule is Clc1ccc2oc3cc4nc(C5=CC=[C+]C=C5)sc4cc3c2c1. The average molecular weight is 335 g/mol. The van der Waals surface area contributed by atoms with Gasteiger partial charge in [-0.2, -0.15) is 0 Å². The van der Waals surface area contributed by atoms with Gasteiger partial charge in [-0.3, -0.25) is 0 Å². The molecule has 0 bridgehead atoms. The molecule has 2 aromatic heterocycles. The summed E-state index contributed by atoms with van der Waals surface area (Å²) in [7, 11) is 0. The Labute approximate surface area is 141 Å². The van der Waals surface area contributed by atoms with Crippen LogP contribution in [0.1, 0.15) is 5.01 Å². The highest BCUT2D eigenvalue weighted by atomic mass is 35.5. The van der Waals surface area contributed by atoms with Crippen molar-refractivity contribution in [2.75, 3.05) is 0 Å². The lowest BCUT2D eigenvalue weighted by Gasteiger charge is -1.90. The van der Waals surface area contributed by atoms with Crippen molar-refractivity contribution < 1.29 is 4.42 Å². The van der Waals surface area contributed by atoms with E-state index in [1.165, 1.54) is 0 Å². The van der Waals surface area contributed by atoms with Crippen LogP contribution < -0.4 is 0 Å². The molecule has 0 spiro atoms. The van der Waals surface area contributed by atoms with Crippen molar-refractivity contribution in [3.8, 4) is 0 Å². The Balaban J connectivity index is 1.78. The number of hydrogen-bond acceptors (Lipinski definition) is 3. The fourth-order valence-electron chi connectivity index (χ4n) is 2.82. The summed E-state index contributed by atoms with van der Waals surface area (Å²) in [5, 5.41) is 3.83. The monoisotopic (exact) mass is 334 g/mol. The molecule has 1 aliphatic carbocycles. The maximum atomic E-state index is 6.12. The molecule has 0 unspecified atom stereocenters. The largest absolute Gasteiger partial charge is 0.456 e. The van der Waals surface area contributed by atoms with E-state index in [0.717, 1.165) is 42.7 Å². The van der Waals surface area contributed by atoms with Gasteiger partial charge in [-0.05, 0) is 24.3 Å². The van der Waals surface area contributed by atoms with E-state index in [1.807, 2.05) is 48.6 Å². The Kier molecular flexibility index (Phi) is 2.70. The van der Waals surface area contributed by atoms with Crippen LogP contribution in [-0.4, -0.2) is 4.98 Å². The average Bonchev–Trinajstić information content (AvgIpc) is 3.14. The van der Waals surface area contributed by atoms with Crippen molar-refractivity contribution in [3.63, 3.8) is 0 Å². The summed E-state index contributed by atoms with van der Waals surface area (Å²) in [5.74, 6) is 0. The van der Waals surface area contributed by atoms with Gasteiger partial charge in [0, 0.05) is 27.9 Å². The maximum Gasteiger partial charge on any atom is 0.151 e. The fourth-order valence-corrected chi connectivity index (χ4v) is 3.99. The zero-order valence-corrected chi connectivity index (χ0v) is 13.4. The minimum atomic E-state index is 0.714. The third kappa shape index (κ3) is 2.02. The lowest BCUT2D eigenvalue weighted by molar-refractivity contribution is 0.669. The van der Waals surface area contributed by atoms with Crippen molar-refractivity contribution in [3.05, 3.63) is 70.7 Å². The highest BCUT2D eigenvalue weighted by Gasteiger charge is 2.15. The second-order valence-corrected chi connectivity index (χ2v) is 6.83. The molecule has 5 rings (SSSR count). The number of halogens is 1. The highest BCUT2D eigenvalue weighted by Crippen LogP contribution is 2.36. The molecular formula is C19H9ClNOS+. The number of furan rings is 1. The summed E-state index contributed by atoms with van der Waals surface area (Å²) in [6.07, 6.45) is 10.9. The van der Waals surface area contributed by atoms with E-state index < -0.39 is 0 Å².